The monoisotopic (exact) mass is 288 g/mol. The molecule has 0 bridgehead atoms. The zero-order chi connectivity index (χ0) is 9.14. The maximum Gasteiger partial charge on any atom is 0.0670 e. The molecule has 0 saturated heterocycles. The molecule has 0 atom stereocenters. The third-order valence-corrected chi connectivity index (χ3v) is 2.83. The molecule has 2 nitrogen and oxygen atoms in total. The molecule has 2 N–H and O–H groups in total. The summed E-state index contributed by atoms with van der Waals surface area (Å²) in [4.78, 5) is 0. The molecule has 1 aromatic carbocycles. The number of hydrogen-bond acceptors (Lipinski definition) is 2. The summed E-state index contributed by atoms with van der Waals surface area (Å²) in [6, 6.07) is 5.66. The Morgan fingerprint density at radius 2 is 1.83 bits per heavy atom. The van der Waals surface area contributed by atoms with E-state index in [-0.39, 0.29) is 0 Å². The first-order chi connectivity index (χ1) is 5.65. The second-order valence-electron chi connectivity index (χ2n) is 2.30. The molecule has 0 heterocycles. The summed E-state index contributed by atoms with van der Waals surface area (Å²) in [7, 11) is 0. The zero-order valence-corrected chi connectivity index (χ0v) is 9.31. The molecule has 0 spiro atoms. The van der Waals surface area contributed by atoms with Crippen LogP contribution in [0, 0.1) is 11.3 Å². The Morgan fingerprint density at radius 1 is 1.33 bits per heavy atom. The van der Waals surface area contributed by atoms with Crippen LogP contribution in [0.3, 0.4) is 0 Å². The number of benzene rings is 1. The van der Waals surface area contributed by atoms with Gasteiger partial charge in [0.05, 0.1) is 12.5 Å². The number of anilines is 1. The Bertz CT molecular complexity index is 318. The third-order valence-electron chi connectivity index (χ3n) is 1.42. The van der Waals surface area contributed by atoms with Gasteiger partial charge in [-0.25, -0.2) is 0 Å². The smallest absolute Gasteiger partial charge is 0.0670 e. The summed E-state index contributed by atoms with van der Waals surface area (Å²) >= 11 is 6.68. The minimum Gasteiger partial charge on any atom is -0.399 e. The van der Waals surface area contributed by atoms with Crippen LogP contribution in [-0.4, -0.2) is 0 Å². The highest BCUT2D eigenvalue weighted by atomic mass is 79.9. The lowest BCUT2D eigenvalue weighted by Crippen LogP contribution is -1.90. The summed E-state index contributed by atoms with van der Waals surface area (Å²) in [6.07, 6.45) is 0.376. The van der Waals surface area contributed by atoms with Crippen molar-refractivity contribution in [1.29, 1.82) is 5.26 Å². The van der Waals surface area contributed by atoms with E-state index in [9.17, 15) is 0 Å². The molecule has 0 fully saturated rings. The average molecular weight is 290 g/mol. The Morgan fingerprint density at radius 3 is 2.25 bits per heavy atom. The van der Waals surface area contributed by atoms with Crippen molar-refractivity contribution >= 4 is 37.5 Å². The Hall–Kier alpha value is -0.530. The van der Waals surface area contributed by atoms with E-state index >= 15 is 0 Å². The van der Waals surface area contributed by atoms with E-state index in [0.29, 0.717) is 12.1 Å². The maximum atomic E-state index is 8.51. The molecule has 12 heavy (non-hydrogen) atoms. The van der Waals surface area contributed by atoms with E-state index in [1.807, 2.05) is 0 Å². The lowest BCUT2D eigenvalue weighted by molar-refractivity contribution is 1.23. The van der Waals surface area contributed by atoms with Crippen LogP contribution in [0.5, 0.6) is 0 Å². The van der Waals surface area contributed by atoms with Gasteiger partial charge in [-0.3, -0.25) is 0 Å². The van der Waals surface area contributed by atoms with Gasteiger partial charge in [0.15, 0.2) is 0 Å². The van der Waals surface area contributed by atoms with Crippen molar-refractivity contribution in [1.82, 2.24) is 0 Å². The summed E-state index contributed by atoms with van der Waals surface area (Å²) in [5, 5.41) is 8.51. The molecule has 0 radical (unpaired) electrons. The Balaban J connectivity index is 3.21. The molecule has 0 aromatic heterocycles. The third kappa shape index (κ3) is 1.99. The fourth-order valence-corrected chi connectivity index (χ4v) is 2.37. The number of nitrogens with two attached hydrogens (primary N) is 1. The summed E-state index contributed by atoms with van der Waals surface area (Å²) in [5.41, 5.74) is 7.19. The van der Waals surface area contributed by atoms with Gasteiger partial charge in [-0.2, -0.15) is 5.26 Å². The van der Waals surface area contributed by atoms with Crippen LogP contribution in [0.15, 0.2) is 21.1 Å². The first kappa shape index (κ1) is 9.56. The van der Waals surface area contributed by atoms with Crippen LogP contribution in [0.1, 0.15) is 5.56 Å². The average Bonchev–Trinajstić information content (AvgIpc) is 1.96. The molecular weight excluding hydrogens is 284 g/mol. The van der Waals surface area contributed by atoms with Crippen molar-refractivity contribution < 1.29 is 0 Å². The topological polar surface area (TPSA) is 49.8 Å². The van der Waals surface area contributed by atoms with Crippen LogP contribution < -0.4 is 5.73 Å². The van der Waals surface area contributed by atoms with E-state index in [2.05, 4.69) is 37.9 Å². The van der Waals surface area contributed by atoms with Gasteiger partial charge in [-0.1, -0.05) is 31.9 Å². The standard InChI is InChI=1S/C8H6Br2N2/c9-7-3-5(12)4-8(10)6(7)1-2-11/h3-4H,1,12H2. The fourth-order valence-electron chi connectivity index (χ4n) is 0.871. The molecule has 1 rings (SSSR count). The lowest BCUT2D eigenvalue weighted by Gasteiger charge is -2.04. The Kier molecular flexibility index (Phi) is 3.12. The molecule has 0 aliphatic carbocycles. The van der Waals surface area contributed by atoms with E-state index in [4.69, 9.17) is 11.0 Å². The first-order valence-corrected chi connectivity index (χ1v) is 4.84. The number of rotatable bonds is 1. The second-order valence-corrected chi connectivity index (χ2v) is 4.01. The summed E-state index contributed by atoms with van der Waals surface area (Å²) < 4.78 is 1.74. The maximum absolute atomic E-state index is 8.51. The minimum atomic E-state index is 0.376. The van der Waals surface area contributed by atoms with Crippen molar-refractivity contribution in [3.63, 3.8) is 0 Å². The predicted molar refractivity (Wildman–Crippen MR) is 55.6 cm³/mol. The highest BCUT2D eigenvalue weighted by molar-refractivity contribution is 9.11. The molecule has 0 amide bonds. The SMILES string of the molecule is N#CCc1c(Br)cc(N)cc1Br. The lowest BCUT2D eigenvalue weighted by atomic mass is 10.1. The first-order valence-electron chi connectivity index (χ1n) is 3.25. The number of halogens is 2. The van der Waals surface area contributed by atoms with Crippen molar-refractivity contribution in [2.45, 2.75) is 6.42 Å². The largest absolute Gasteiger partial charge is 0.399 e. The number of hydrogen-bond donors (Lipinski definition) is 1. The quantitative estimate of drug-likeness (QED) is 0.808. The van der Waals surface area contributed by atoms with Crippen LogP contribution in [0.25, 0.3) is 0 Å². The van der Waals surface area contributed by atoms with Gasteiger partial charge in [0.25, 0.3) is 0 Å². The highest BCUT2D eigenvalue weighted by Gasteiger charge is 2.05. The van der Waals surface area contributed by atoms with E-state index in [1.54, 1.807) is 12.1 Å². The summed E-state index contributed by atoms with van der Waals surface area (Å²) in [6.45, 7) is 0. The zero-order valence-electron chi connectivity index (χ0n) is 6.14. The van der Waals surface area contributed by atoms with Crippen LogP contribution in [0.2, 0.25) is 0 Å². The number of nitriles is 1. The van der Waals surface area contributed by atoms with Gasteiger partial charge in [-0.05, 0) is 17.7 Å². The van der Waals surface area contributed by atoms with Crippen molar-refractivity contribution in [2.75, 3.05) is 5.73 Å². The molecule has 1 aromatic rings. The second kappa shape index (κ2) is 3.92. The van der Waals surface area contributed by atoms with Crippen molar-refractivity contribution in [3.8, 4) is 6.07 Å². The molecule has 4 heteroatoms. The van der Waals surface area contributed by atoms with E-state index < -0.39 is 0 Å². The van der Waals surface area contributed by atoms with E-state index in [0.717, 1.165) is 14.5 Å². The van der Waals surface area contributed by atoms with Gasteiger partial charge < -0.3 is 5.73 Å². The number of nitrogens with zero attached hydrogens (tertiary/aromatic N) is 1. The van der Waals surface area contributed by atoms with Gasteiger partial charge in [0.2, 0.25) is 0 Å². The predicted octanol–water partition coefficient (Wildman–Crippen LogP) is 2.86. The molecule has 0 aliphatic rings. The van der Waals surface area contributed by atoms with Crippen molar-refractivity contribution in [2.24, 2.45) is 0 Å². The summed E-state index contributed by atoms with van der Waals surface area (Å²) in [5.74, 6) is 0. The molecule has 0 saturated carbocycles. The van der Waals surface area contributed by atoms with Gasteiger partial charge in [-0.15, -0.1) is 0 Å². The fraction of sp³-hybridized carbons (Fsp3) is 0.125. The highest BCUT2D eigenvalue weighted by Crippen LogP contribution is 2.28. The van der Waals surface area contributed by atoms with Crippen molar-refractivity contribution in [3.05, 3.63) is 26.6 Å². The van der Waals surface area contributed by atoms with Crippen LogP contribution >= 0.6 is 31.9 Å². The van der Waals surface area contributed by atoms with Gasteiger partial charge in [0, 0.05) is 14.6 Å². The minimum absolute atomic E-state index is 0.376. The van der Waals surface area contributed by atoms with Crippen LogP contribution in [0.4, 0.5) is 5.69 Å². The normalized spacial score (nSPS) is 9.42. The molecule has 0 unspecified atom stereocenters. The molecule has 62 valence electrons. The van der Waals surface area contributed by atoms with Gasteiger partial charge in [0.1, 0.15) is 0 Å². The van der Waals surface area contributed by atoms with E-state index in [1.165, 1.54) is 0 Å². The molecular formula is C8H6Br2N2. The number of nitrogen functional groups attached to an aromatic ring is 1. The van der Waals surface area contributed by atoms with Gasteiger partial charge >= 0.3 is 0 Å². The Labute approximate surface area is 87.6 Å². The van der Waals surface area contributed by atoms with Crippen LogP contribution in [-0.2, 0) is 6.42 Å². The molecule has 0 aliphatic heterocycles.